The molecule has 0 aliphatic heterocycles. The minimum Gasteiger partial charge on any atom is -0.308 e. The molecule has 0 saturated heterocycles. The number of benzene rings is 1. The first kappa shape index (κ1) is 6.65. The van der Waals surface area contributed by atoms with Crippen LogP contribution in [-0.2, 0) is 4.18 Å². The highest BCUT2D eigenvalue weighted by molar-refractivity contribution is 7.94. The maximum absolute atomic E-state index is 4.59. The molecule has 47 valence electrons. The first-order valence-electron chi connectivity index (χ1n) is 2.57. The SMILES string of the molecule is [CH2]OSc1ccccc1. The Morgan fingerprint density at radius 2 is 1.89 bits per heavy atom. The fourth-order valence-electron chi connectivity index (χ4n) is 0.544. The van der Waals surface area contributed by atoms with Crippen LogP contribution in [0.2, 0.25) is 0 Å². The van der Waals surface area contributed by atoms with E-state index in [4.69, 9.17) is 0 Å². The topological polar surface area (TPSA) is 9.23 Å². The summed E-state index contributed by atoms with van der Waals surface area (Å²) in [7, 11) is 3.24. The van der Waals surface area contributed by atoms with E-state index >= 15 is 0 Å². The van der Waals surface area contributed by atoms with Gasteiger partial charge in [0.15, 0.2) is 0 Å². The summed E-state index contributed by atoms with van der Waals surface area (Å²) >= 11 is 1.26. The lowest BCUT2D eigenvalue weighted by Crippen LogP contribution is -1.66. The van der Waals surface area contributed by atoms with E-state index in [0.717, 1.165) is 4.90 Å². The van der Waals surface area contributed by atoms with Gasteiger partial charge in [-0.05, 0) is 12.1 Å². The standard InChI is InChI=1S/C7H7OS/c1-8-9-7-5-3-2-4-6-7/h2-6H,1H2. The predicted octanol–water partition coefficient (Wildman–Crippen LogP) is 2.50. The van der Waals surface area contributed by atoms with Gasteiger partial charge in [0.05, 0.1) is 7.11 Å². The van der Waals surface area contributed by atoms with Crippen LogP contribution >= 0.6 is 12.0 Å². The summed E-state index contributed by atoms with van der Waals surface area (Å²) in [6, 6.07) is 9.82. The van der Waals surface area contributed by atoms with Crippen LogP contribution < -0.4 is 0 Å². The van der Waals surface area contributed by atoms with Crippen molar-refractivity contribution in [3.8, 4) is 0 Å². The van der Waals surface area contributed by atoms with Gasteiger partial charge in [-0.15, -0.1) is 0 Å². The minimum absolute atomic E-state index is 1.08. The molecule has 0 spiro atoms. The first-order chi connectivity index (χ1) is 4.43. The molecule has 1 rings (SSSR count). The zero-order chi connectivity index (χ0) is 6.53. The van der Waals surface area contributed by atoms with Crippen molar-refractivity contribution in [2.24, 2.45) is 0 Å². The van der Waals surface area contributed by atoms with Crippen LogP contribution in [0.25, 0.3) is 0 Å². The van der Waals surface area contributed by atoms with Gasteiger partial charge in [-0.2, -0.15) is 0 Å². The van der Waals surface area contributed by atoms with Crippen molar-refractivity contribution in [2.45, 2.75) is 4.90 Å². The van der Waals surface area contributed by atoms with Crippen LogP contribution in [0.15, 0.2) is 35.2 Å². The molecular formula is C7H7OS. The lowest BCUT2D eigenvalue weighted by molar-refractivity contribution is 0.557. The zero-order valence-corrected chi connectivity index (χ0v) is 5.73. The van der Waals surface area contributed by atoms with Crippen molar-refractivity contribution in [1.82, 2.24) is 0 Å². The summed E-state index contributed by atoms with van der Waals surface area (Å²) in [5.41, 5.74) is 0. The lowest BCUT2D eigenvalue weighted by atomic mass is 10.4. The summed E-state index contributed by atoms with van der Waals surface area (Å²) in [6.45, 7) is 0. The summed E-state index contributed by atoms with van der Waals surface area (Å²) in [6.07, 6.45) is 0. The third kappa shape index (κ3) is 2.08. The van der Waals surface area contributed by atoms with E-state index in [2.05, 4.69) is 11.3 Å². The Hall–Kier alpha value is -0.470. The van der Waals surface area contributed by atoms with Crippen LogP contribution in [0.1, 0.15) is 0 Å². The van der Waals surface area contributed by atoms with Crippen molar-refractivity contribution < 1.29 is 4.18 Å². The Morgan fingerprint density at radius 3 is 2.44 bits per heavy atom. The third-order valence-electron chi connectivity index (χ3n) is 0.898. The normalized spacial score (nSPS) is 9.44. The van der Waals surface area contributed by atoms with E-state index in [-0.39, 0.29) is 0 Å². The monoisotopic (exact) mass is 139 g/mol. The molecular weight excluding hydrogens is 132 g/mol. The molecule has 0 saturated carbocycles. The average Bonchev–Trinajstić information content (AvgIpc) is 1.91. The van der Waals surface area contributed by atoms with E-state index in [1.165, 1.54) is 12.0 Å². The molecule has 9 heavy (non-hydrogen) atoms. The van der Waals surface area contributed by atoms with Gasteiger partial charge >= 0.3 is 0 Å². The van der Waals surface area contributed by atoms with Gasteiger partial charge in [-0.1, -0.05) is 18.2 Å². The van der Waals surface area contributed by atoms with E-state index in [9.17, 15) is 0 Å². The third-order valence-corrected chi connectivity index (χ3v) is 1.48. The lowest BCUT2D eigenvalue weighted by Gasteiger charge is -1.93. The van der Waals surface area contributed by atoms with Crippen LogP contribution in [0.3, 0.4) is 0 Å². The second-order valence-electron chi connectivity index (χ2n) is 1.51. The van der Waals surface area contributed by atoms with Gasteiger partial charge < -0.3 is 4.18 Å². The molecule has 0 aliphatic carbocycles. The number of hydrogen-bond acceptors (Lipinski definition) is 2. The summed E-state index contributed by atoms with van der Waals surface area (Å²) in [5.74, 6) is 0. The van der Waals surface area contributed by atoms with E-state index in [1.54, 1.807) is 0 Å². The van der Waals surface area contributed by atoms with Gasteiger partial charge in [0.2, 0.25) is 0 Å². The maximum Gasteiger partial charge on any atom is 0.0865 e. The molecule has 0 aliphatic rings. The number of hydrogen-bond donors (Lipinski definition) is 0. The van der Waals surface area contributed by atoms with Crippen molar-refractivity contribution >= 4 is 12.0 Å². The largest absolute Gasteiger partial charge is 0.308 e. The molecule has 0 bridgehead atoms. The molecule has 0 fully saturated rings. The molecule has 1 radical (unpaired) electrons. The van der Waals surface area contributed by atoms with Crippen molar-refractivity contribution in [3.05, 3.63) is 37.4 Å². The molecule has 1 aromatic rings. The van der Waals surface area contributed by atoms with Crippen molar-refractivity contribution in [1.29, 1.82) is 0 Å². The van der Waals surface area contributed by atoms with Gasteiger partial charge in [-0.25, -0.2) is 0 Å². The Morgan fingerprint density at radius 1 is 1.22 bits per heavy atom. The molecule has 0 aromatic heterocycles. The van der Waals surface area contributed by atoms with Crippen molar-refractivity contribution in [3.63, 3.8) is 0 Å². The fraction of sp³-hybridized carbons (Fsp3) is 0. The van der Waals surface area contributed by atoms with Gasteiger partial charge in [0, 0.05) is 16.9 Å². The molecule has 0 amide bonds. The van der Waals surface area contributed by atoms with Crippen LogP contribution in [-0.4, -0.2) is 0 Å². The second kappa shape index (κ2) is 3.54. The van der Waals surface area contributed by atoms with Crippen LogP contribution in [0.5, 0.6) is 0 Å². The van der Waals surface area contributed by atoms with Gasteiger partial charge in [-0.3, -0.25) is 0 Å². The van der Waals surface area contributed by atoms with E-state index in [0.29, 0.717) is 0 Å². The van der Waals surface area contributed by atoms with E-state index in [1.807, 2.05) is 30.3 Å². The Labute approximate surface area is 59.2 Å². The summed E-state index contributed by atoms with van der Waals surface area (Å²) in [4.78, 5) is 1.08. The Kier molecular flexibility index (Phi) is 2.61. The molecule has 0 atom stereocenters. The predicted molar refractivity (Wildman–Crippen MR) is 38.7 cm³/mol. The summed E-state index contributed by atoms with van der Waals surface area (Å²) in [5, 5.41) is 0. The molecule has 0 heterocycles. The smallest absolute Gasteiger partial charge is 0.0865 e. The molecule has 2 heteroatoms. The quantitative estimate of drug-likeness (QED) is 0.582. The van der Waals surface area contributed by atoms with Crippen molar-refractivity contribution in [2.75, 3.05) is 0 Å². The second-order valence-corrected chi connectivity index (χ2v) is 2.39. The zero-order valence-electron chi connectivity index (χ0n) is 4.91. The fourth-order valence-corrected chi connectivity index (χ4v) is 0.948. The molecule has 1 aromatic carbocycles. The average molecular weight is 139 g/mol. The van der Waals surface area contributed by atoms with Gasteiger partial charge in [0.25, 0.3) is 0 Å². The maximum atomic E-state index is 4.59. The Balaban J connectivity index is 2.61. The van der Waals surface area contributed by atoms with Crippen LogP contribution in [0, 0.1) is 7.11 Å². The molecule has 1 nitrogen and oxygen atoms in total. The molecule has 0 unspecified atom stereocenters. The molecule has 0 N–H and O–H groups in total. The first-order valence-corrected chi connectivity index (χ1v) is 3.31. The highest BCUT2D eigenvalue weighted by Crippen LogP contribution is 2.16. The highest BCUT2D eigenvalue weighted by Gasteiger charge is 1.86. The van der Waals surface area contributed by atoms with E-state index < -0.39 is 0 Å². The minimum atomic E-state index is 1.08. The van der Waals surface area contributed by atoms with Gasteiger partial charge in [0.1, 0.15) is 0 Å². The highest BCUT2D eigenvalue weighted by atomic mass is 32.2. The number of rotatable bonds is 2. The summed E-state index contributed by atoms with van der Waals surface area (Å²) < 4.78 is 4.59. The Bertz CT molecular complexity index is 162. The van der Waals surface area contributed by atoms with Crippen LogP contribution in [0.4, 0.5) is 0 Å².